The van der Waals surface area contributed by atoms with Gasteiger partial charge in [0.15, 0.2) is 5.60 Å². The van der Waals surface area contributed by atoms with E-state index in [1.54, 1.807) is 12.5 Å². The normalized spacial score (nSPS) is 11.1. The highest BCUT2D eigenvalue weighted by molar-refractivity contribution is 5.74. The molecule has 0 aliphatic heterocycles. The van der Waals surface area contributed by atoms with Gasteiger partial charge in [-0.15, -0.1) is 0 Å². The van der Waals surface area contributed by atoms with Gasteiger partial charge in [0.1, 0.15) is 0 Å². The first kappa shape index (κ1) is 17.7. The Kier molecular flexibility index (Phi) is 5.02. The van der Waals surface area contributed by atoms with Crippen LogP contribution >= 0.6 is 0 Å². The molecule has 138 valence electrons. The molecule has 4 aromatic rings. The number of hydrogen-bond donors (Lipinski definition) is 1. The van der Waals surface area contributed by atoms with Gasteiger partial charge in [-0.2, -0.15) is 0 Å². The van der Waals surface area contributed by atoms with Crippen LogP contribution in [0.15, 0.2) is 104 Å². The van der Waals surface area contributed by atoms with Gasteiger partial charge >= 0.3 is 5.97 Å². The Balaban J connectivity index is 1.87. The van der Waals surface area contributed by atoms with E-state index >= 15 is 0 Å². The van der Waals surface area contributed by atoms with Crippen molar-refractivity contribution in [2.24, 2.45) is 0 Å². The van der Waals surface area contributed by atoms with Crippen LogP contribution in [0.4, 0.5) is 0 Å². The smallest absolute Gasteiger partial charge is 0.313 e. The molecule has 0 radical (unpaired) electrons. The number of carbonyl (C=O) groups excluding carboxylic acids is 1. The molecule has 0 bridgehead atoms. The van der Waals surface area contributed by atoms with E-state index in [2.05, 4.69) is 9.97 Å². The second-order valence-electron chi connectivity index (χ2n) is 6.51. The highest BCUT2D eigenvalue weighted by Crippen LogP contribution is 2.40. The Morgan fingerprint density at radius 1 is 0.786 bits per heavy atom. The van der Waals surface area contributed by atoms with Crippen LogP contribution in [0.5, 0.6) is 0 Å². The van der Waals surface area contributed by atoms with Crippen LogP contribution in [0, 0.1) is 0 Å². The predicted molar refractivity (Wildman–Crippen MR) is 108 cm³/mol. The number of imidazole rings is 1. The molecule has 1 N–H and O–H groups in total. The Morgan fingerprint density at radius 3 is 1.64 bits per heavy atom. The Morgan fingerprint density at radius 2 is 1.25 bits per heavy atom. The third-order valence-electron chi connectivity index (χ3n) is 4.70. The summed E-state index contributed by atoms with van der Waals surface area (Å²) in [7, 11) is 0. The van der Waals surface area contributed by atoms with Gasteiger partial charge in [0.25, 0.3) is 0 Å². The van der Waals surface area contributed by atoms with Crippen molar-refractivity contribution in [2.45, 2.75) is 12.0 Å². The summed E-state index contributed by atoms with van der Waals surface area (Å²) in [5.74, 6) is -0.333. The van der Waals surface area contributed by atoms with Crippen molar-refractivity contribution in [3.8, 4) is 0 Å². The fourth-order valence-electron chi connectivity index (χ4n) is 3.44. The van der Waals surface area contributed by atoms with Crippen molar-refractivity contribution in [3.63, 3.8) is 0 Å². The summed E-state index contributed by atoms with van der Waals surface area (Å²) in [6.07, 6.45) is 3.31. The minimum absolute atomic E-state index is 0.119. The monoisotopic (exact) mass is 368 g/mol. The van der Waals surface area contributed by atoms with Gasteiger partial charge < -0.3 is 9.72 Å². The third-order valence-corrected chi connectivity index (χ3v) is 4.70. The Labute approximate surface area is 163 Å². The van der Waals surface area contributed by atoms with Crippen LogP contribution in [0.1, 0.15) is 22.4 Å². The molecule has 0 unspecified atom stereocenters. The van der Waals surface area contributed by atoms with E-state index in [9.17, 15) is 4.79 Å². The molecule has 4 rings (SSSR count). The summed E-state index contributed by atoms with van der Waals surface area (Å²) in [6.45, 7) is 0. The Hall–Kier alpha value is -3.66. The Bertz CT molecular complexity index is 918. The summed E-state index contributed by atoms with van der Waals surface area (Å²) < 4.78 is 6.28. The third kappa shape index (κ3) is 3.45. The van der Waals surface area contributed by atoms with Gasteiger partial charge in [0, 0.05) is 28.6 Å². The molecule has 1 heterocycles. The fraction of sp³-hybridized carbons (Fsp3) is 0.0833. The van der Waals surface area contributed by atoms with Crippen LogP contribution in [-0.4, -0.2) is 15.9 Å². The average Bonchev–Trinajstić information content (AvgIpc) is 3.27. The molecule has 4 heteroatoms. The van der Waals surface area contributed by atoms with Crippen LogP contribution < -0.4 is 0 Å². The van der Waals surface area contributed by atoms with Crippen molar-refractivity contribution < 1.29 is 9.53 Å². The van der Waals surface area contributed by atoms with E-state index in [1.165, 1.54) is 0 Å². The van der Waals surface area contributed by atoms with E-state index in [4.69, 9.17) is 4.74 Å². The summed E-state index contributed by atoms with van der Waals surface area (Å²) >= 11 is 0. The molecule has 0 spiro atoms. The standard InChI is InChI=1S/C24H20N2O2/c27-23(16-22-17-25-18-26-22)28-24(19-10-4-1-5-11-19,20-12-6-2-7-13-20)21-14-8-3-9-15-21/h1-15,17-18H,16H2,(H,25,26). The zero-order chi connectivity index (χ0) is 19.2. The van der Waals surface area contributed by atoms with Gasteiger partial charge in [-0.05, 0) is 0 Å². The first-order valence-electron chi connectivity index (χ1n) is 9.15. The molecular formula is C24H20N2O2. The van der Waals surface area contributed by atoms with Gasteiger partial charge in [-0.25, -0.2) is 4.98 Å². The number of esters is 1. The number of hydrogen-bond acceptors (Lipinski definition) is 3. The van der Waals surface area contributed by atoms with E-state index in [0.29, 0.717) is 5.69 Å². The molecule has 4 nitrogen and oxygen atoms in total. The molecule has 1 aromatic heterocycles. The minimum atomic E-state index is -1.04. The lowest BCUT2D eigenvalue weighted by molar-refractivity contribution is -0.152. The van der Waals surface area contributed by atoms with E-state index in [-0.39, 0.29) is 12.4 Å². The highest BCUT2D eigenvalue weighted by atomic mass is 16.6. The predicted octanol–water partition coefficient (Wildman–Crippen LogP) is 4.49. The van der Waals surface area contributed by atoms with Crippen molar-refractivity contribution >= 4 is 5.97 Å². The number of ether oxygens (including phenoxy) is 1. The lowest BCUT2D eigenvalue weighted by Crippen LogP contribution is -2.35. The molecular weight excluding hydrogens is 348 g/mol. The molecule has 28 heavy (non-hydrogen) atoms. The lowest BCUT2D eigenvalue weighted by Gasteiger charge is -2.35. The summed E-state index contributed by atoms with van der Waals surface area (Å²) in [5.41, 5.74) is 2.36. The second kappa shape index (κ2) is 7.92. The number of nitrogens with zero attached hydrogens (tertiary/aromatic N) is 1. The second-order valence-corrected chi connectivity index (χ2v) is 6.51. The van der Waals surface area contributed by atoms with E-state index < -0.39 is 5.60 Å². The largest absolute Gasteiger partial charge is 0.444 e. The maximum absolute atomic E-state index is 13.0. The molecule has 0 atom stereocenters. The zero-order valence-electron chi connectivity index (χ0n) is 15.3. The van der Waals surface area contributed by atoms with Crippen molar-refractivity contribution in [1.29, 1.82) is 0 Å². The first-order chi connectivity index (χ1) is 13.8. The summed E-state index contributed by atoms with van der Waals surface area (Å²) in [6, 6.07) is 29.5. The molecule has 0 aliphatic carbocycles. The van der Waals surface area contributed by atoms with Gasteiger partial charge in [-0.1, -0.05) is 91.0 Å². The maximum Gasteiger partial charge on any atom is 0.313 e. The summed E-state index contributed by atoms with van der Waals surface area (Å²) in [5, 5.41) is 0. The van der Waals surface area contributed by atoms with E-state index in [1.807, 2.05) is 91.0 Å². The molecule has 0 saturated carbocycles. The van der Waals surface area contributed by atoms with Crippen LogP contribution in [0.3, 0.4) is 0 Å². The number of benzene rings is 3. The van der Waals surface area contributed by atoms with Gasteiger partial charge in [0.05, 0.1) is 12.7 Å². The van der Waals surface area contributed by atoms with Gasteiger partial charge in [0.2, 0.25) is 0 Å². The fourth-order valence-corrected chi connectivity index (χ4v) is 3.44. The topological polar surface area (TPSA) is 55.0 Å². The average molecular weight is 368 g/mol. The highest BCUT2D eigenvalue weighted by Gasteiger charge is 2.40. The van der Waals surface area contributed by atoms with Crippen molar-refractivity contribution in [3.05, 3.63) is 126 Å². The van der Waals surface area contributed by atoms with E-state index in [0.717, 1.165) is 16.7 Å². The molecule has 0 saturated heterocycles. The molecule has 0 fully saturated rings. The minimum Gasteiger partial charge on any atom is -0.444 e. The molecule has 0 aliphatic rings. The van der Waals surface area contributed by atoms with Gasteiger partial charge in [-0.3, -0.25) is 4.79 Å². The van der Waals surface area contributed by atoms with Crippen molar-refractivity contribution in [2.75, 3.05) is 0 Å². The zero-order valence-corrected chi connectivity index (χ0v) is 15.3. The number of carbonyl (C=O) groups is 1. The number of aromatic amines is 1. The number of nitrogens with one attached hydrogen (secondary N) is 1. The number of aromatic nitrogens is 2. The maximum atomic E-state index is 13.0. The molecule has 3 aromatic carbocycles. The SMILES string of the molecule is O=C(Cc1cnc[nH]1)OC(c1ccccc1)(c1ccccc1)c1ccccc1. The lowest BCUT2D eigenvalue weighted by atomic mass is 9.80. The molecule has 0 amide bonds. The van der Waals surface area contributed by atoms with Crippen molar-refractivity contribution in [1.82, 2.24) is 9.97 Å². The van der Waals surface area contributed by atoms with Crippen LogP contribution in [0.25, 0.3) is 0 Å². The number of rotatable bonds is 6. The quantitative estimate of drug-likeness (QED) is 0.403. The van der Waals surface area contributed by atoms with Crippen LogP contribution in [-0.2, 0) is 21.6 Å². The summed E-state index contributed by atoms with van der Waals surface area (Å²) in [4.78, 5) is 19.9. The first-order valence-corrected chi connectivity index (χ1v) is 9.15. The van der Waals surface area contributed by atoms with Crippen LogP contribution in [0.2, 0.25) is 0 Å². The number of H-pyrrole nitrogens is 1.